The van der Waals surface area contributed by atoms with E-state index in [0.29, 0.717) is 34.2 Å². The molecule has 0 aliphatic rings. The number of nitrogens with one attached hydrogen (secondary N) is 1. The monoisotopic (exact) mass is 446 g/mol. The fourth-order valence-electron chi connectivity index (χ4n) is 2.78. The Morgan fingerprint density at radius 1 is 1.03 bits per heavy atom. The maximum Gasteiger partial charge on any atom is 0.337 e. The van der Waals surface area contributed by atoms with Crippen LogP contribution in [0.15, 0.2) is 78.4 Å². The zero-order valence-corrected chi connectivity index (χ0v) is 17.9. The van der Waals surface area contributed by atoms with Gasteiger partial charge in [-0.05, 0) is 54.1 Å². The number of carbonyl (C=O) groups is 2. The van der Waals surface area contributed by atoms with Crippen LogP contribution in [0, 0.1) is 11.3 Å². The Balaban J connectivity index is 1.74. The van der Waals surface area contributed by atoms with Crippen LogP contribution in [0.5, 0.6) is 5.75 Å². The van der Waals surface area contributed by atoms with Crippen molar-refractivity contribution in [3.8, 4) is 11.8 Å². The van der Waals surface area contributed by atoms with Gasteiger partial charge in [0.25, 0.3) is 5.91 Å². The van der Waals surface area contributed by atoms with Crippen LogP contribution in [-0.4, -0.2) is 19.0 Å². The number of ether oxygens (including phenoxy) is 2. The van der Waals surface area contributed by atoms with Gasteiger partial charge >= 0.3 is 5.97 Å². The van der Waals surface area contributed by atoms with Crippen molar-refractivity contribution in [2.24, 2.45) is 0 Å². The van der Waals surface area contributed by atoms with Gasteiger partial charge in [-0.25, -0.2) is 4.79 Å². The number of nitrogens with zero attached hydrogens (tertiary/aromatic N) is 1. The molecule has 32 heavy (non-hydrogen) atoms. The van der Waals surface area contributed by atoms with Crippen molar-refractivity contribution in [2.45, 2.75) is 6.61 Å². The Morgan fingerprint density at radius 3 is 2.38 bits per heavy atom. The quantitative estimate of drug-likeness (QED) is 0.304. The Labute approximate surface area is 190 Å². The normalized spacial score (nSPS) is 10.7. The van der Waals surface area contributed by atoms with E-state index in [1.165, 1.54) is 25.3 Å². The first-order chi connectivity index (χ1) is 15.5. The lowest BCUT2D eigenvalue weighted by atomic mass is 10.1. The molecule has 0 aromatic heterocycles. The van der Waals surface area contributed by atoms with Crippen LogP contribution in [0.1, 0.15) is 21.5 Å². The molecule has 0 radical (unpaired) electrons. The molecule has 0 saturated heterocycles. The summed E-state index contributed by atoms with van der Waals surface area (Å²) in [7, 11) is 1.29. The summed E-state index contributed by atoms with van der Waals surface area (Å²) in [4.78, 5) is 24.1. The van der Waals surface area contributed by atoms with Crippen LogP contribution in [0.25, 0.3) is 6.08 Å². The Hall–Kier alpha value is -4.08. The second-order valence-electron chi connectivity index (χ2n) is 6.65. The number of hydrogen-bond donors (Lipinski definition) is 1. The molecule has 0 fully saturated rings. The van der Waals surface area contributed by atoms with Gasteiger partial charge < -0.3 is 14.8 Å². The van der Waals surface area contributed by atoms with Crippen LogP contribution in [0.3, 0.4) is 0 Å². The first-order valence-electron chi connectivity index (χ1n) is 9.58. The highest BCUT2D eigenvalue weighted by atomic mass is 35.5. The third-order valence-electron chi connectivity index (χ3n) is 4.46. The van der Waals surface area contributed by atoms with Gasteiger partial charge in [0.05, 0.1) is 12.7 Å². The predicted octanol–water partition coefficient (Wildman–Crippen LogP) is 5.25. The second-order valence-corrected chi connectivity index (χ2v) is 7.08. The fraction of sp³-hybridized carbons (Fsp3) is 0.0800. The summed E-state index contributed by atoms with van der Waals surface area (Å²) in [5.74, 6) is -0.521. The summed E-state index contributed by atoms with van der Waals surface area (Å²) in [6, 6.07) is 22.5. The molecule has 0 bridgehead atoms. The van der Waals surface area contributed by atoms with Crippen LogP contribution in [0.2, 0.25) is 5.02 Å². The molecule has 6 nitrogen and oxygen atoms in total. The van der Waals surface area contributed by atoms with Crippen LogP contribution in [0.4, 0.5) is 5.69 Å². The molecule has 3 aromatic rings. The number of para-hydroxylation sites is 1. The SMILES string of the molecule is COC(=O)c1ccc(NC(=O)/C(C#N)=C/c2ccccc2OCc2ccc(Cl)cc2)cc1. The zero-order valence-electron chi connectivity index (χ0n) is 17.2. The summed E-state index contributed by atoms with van der Waals surface area (Å²) >= 11 is 5.91. The first-order valence-corrected chi connectivity index (χ1v) is 9.95. The number of anilines is 1. The van der Waals surface area contributed by atoms with Crippen LogP contribution >= 0.6 is 11.6 Å². The molecule has 7 heteroatoms. The van der Waals surface area contributed by atoms with Gasteiger partial charge in [-0.15, -0.1) is 0 Å². The highest BCUT2D eigenvalue weighted by molar-refractivity contribution is 6.30. The van der Waals surface area contributed by atoms with E-state index in [9.17, 15) is 14.9 Å². The molecule has 0 aliphatic carbocycles. The van der Waals surface area contributed by atoms with E-state index >= 15 is 0 Å². The van der Waals surface area contributed by atoms with E-state index in [-0.39, 0.29) is 5.57 Å². The average Bonchev–Trinajstić information content (AvgIpc) is 2.82. The standard InChI is InChI=1S/C25H19ClN2O4/c1-31-25(30)18-8-12-22(13-9-18)28-24(29)20(15-27)14-19-4-2-3-5-23(19)32-16-17-6-10-21(26)11-7-17/h2-14H,16H2,1H3,(H,28,29)/b20-14+. The number of amides is 1. The van der Waals surface area contributed by atoms with Crippen molar-refractivity contribution in [1.29, 1.82) is 5.26 Å². The van der Waals surface area contributed by atoms with Gasteiger partial charge in [0.15, 0.2) is 0 Å². The van der Waals surface area contributed by atoms with Gasteiger partial charge in [0.2, 0.25) is 0 Å². The lowest BCUT2D eigenvalue weighted by molar-refractivity contribution is -0.112. The minimum Gasteiger partial charge on any atom is -0.488 e. The second kappa shape index (κ2) is 10.8. The van der Waals surface area contributed by atoms with Gasteiger partial charge in [0, 0.05) is 16.3 Å². The smallest absolute Gasteiger partial charge is 0.337 e. The van der Waals surface area contributed by atoms with E-state index < -0.39 is 11.9 Å². The molecule has 3 rings (SSSR count). The Kier molecular flexibility index (Phi) is 7.63. The van der Waals surface area contributed by atoms with Crippen LogP contribution in [-0.2, 0) is 16.1 Å². The molecule has 3 aromatic carbocycles. The number of carbonyl (C=O) groups excluding carboxylic acids is 2. The maximum absolute atomic E-state index is 12.6. The average molecular weight is 447 g/mol. The van der Waals surface area contributed by atoms with Gasteiger partial charge in [-0.3, -0.25) is 4.79 Å². The summed E-state index contributed by atoms with van der Waals surface area (Å²) in [5, 5.41) is 12.8. The van der Waals surface area contributed by atoms with E-state index in [1.807, 2.05) is 24.3 Å². The fourth-order valence-corrected chi connectivity index (χ4v) is 2.91. The Morgan fingerprint density at radius 2 is 1.72 bits per heavy atom. The summed E-state index contributed by atoms with van der Waals surface area (Å²) in [5.41, 5.74) is 2.23. The van der Waals surface area contributed by atoms with Crippen molar-refractivity contribution in [3.63, 3.8) is 0 Å². The predicted molar refractivity (Wildman–Crippen MR) is 122 cm³/mol. The lowest BCUT2D eigenvalue weighted by Gasteiger charge is -2.10. The third kappa shape index (κ3) is 5.97. The minimum atomic E-state index is -0.578. The number of benzene rings is 3. The lowest BCUT2D eigenvalue weighted by Crippen LogP contribution is -2.13. The zero-order chi connectivity index (χ0) is 22.9. The molecule has 0 spiro atoms. The highest BCUT2D eigenvalue weighted by Crippen LogP contribution is 2.23. The number of hydrogen-bond acceptors (Lipinski definition) is 5. The van der Waals surface area contributed by atoms with Crippen molar-refractivity contribution < 1.29 is 19.1 Å². The number of rotatable bonds is 7. The van der Waals surface area contributed by atoms with Gasteiger partial charge in [-0.2, -0.15) is 5.26 Å². The van der Waals surface area contributed by atoms with E-state index in [1.54, 1.807) is 42.5 Å². The molecular formula is C25H19ClN2O4. The minimum absolute atomic E-state index is 0.0930. The largest absolute Gasteiger partial charge is 0.488 e. The summed E-state index contributed by atoms with van der Waals surface area (Å²) in [6.45, 7) is 0.308. The topological polar surface area (TPSA) is 88.4 Å². The van der Waals surface area contributed by atoms with Crippen molar-refractivity contribution in [3.05, 3.63) is 100 Å². The number of nitriles is 1. The summed E-state index contributed by atoms with van der Waals surface area (Å²) in [6.07, 6.45) is 1.47. The van der Waals surface area contributed by atoms with Crippen molar-refractivity contribution in [1.82, 2.24) is 0 Å². The number of methoxy groups -OCH3 is 1. The third-order valence-corrected chi connectivity index (χ3v) is 4.71. The molecule has 0 saturated carbocycles. The number of esters is 1. The molecule has 0 unspecified atom stereocenters. The van der Waals surface area contributed by atoms with Gasteiger partial charge in [-0.1, -0.05) is 41.9 Å². The highest BCUT2D eigenvalue weighted by Gasteiger charge is 2.12. The van der Waals surface area contributed by atoms with Crippen LogP contribution < -0.4 is 10.1 Å². The van der Waals surface area contributed by atoms with E-state index in [2.05, 4.69) is 10.1 Å². The molecule has 0 atom stereocenters. The maximum atomic E-state index is 12.6. The molecule has 160 valence electrons. The Bertz CT molecular complexity index is 1180. The molecule has 0 heterocycles. The van der Waals surface area contributed by atoms with E-state index in [4.69, 9.17) is 16.3 Å². The first kappa shape index (κ1) is 22.6. The van der Waals surface area contributed by atoms with Gasteiger partial charge in [0.1, 0.15) is 24.0 Å². The molecule has 1 N–H and O–H groups in total. The van der Waals surface area contributed by atoms with Crippen molar-refractivity contribution >= 4 is 35.2 Å². The molecule has 0 aliphatic heterocycles. The summed E-state index contributed by atoms with van der Waals surface area (Å²) < 4.78 is 10.5. The molecular weight excluding hydrogens is 428 g/mol. The number of halogens is 1. The van der Waals surface area contributed by atoms with E-state index in [0.717, 1.165) is 5.56 Å². The molecule has 1 amide bonds. The van der Waals surface area contributed by atoms with Crippen molar-refractivity contribution in [2.75, 3.05) is 12.4 Å².